The van der Waals surface area contributed by atoms with E-state index in [1.807, 2.05) is 31.2 Å². The lowest BCUT2D eigenvalue weighted by atomic mass is 10.2. The van der Waals surface area contributed by atoms with Crippen LogP contribution < -0.4 is 5.32 Å². The number of sulfonamides is 1. The maximum Gasteiger partial charge on any atom is 0.244 e. The van der Waals surface area contributed by atoms with Crippen LogP contribution in [0.2, 0.25) is 0 Å². The van der Waals surface area contributed by atoms with Crippen LogP contribution in [-0.4, -0.2) is 43.5 Å². The molecule has 0 saturated carbocycles. The number of carbonyl (C=O) groups excluding carboxylic acids is 1. The van der Waals surface area contributed by atoms with E-state index in [0.29, 0.717) is 5.03 Å². The van der Waals surface area contributed by atoms with E-state index in [-0.39, 0.29) is 16.6 Å². The van der Waals surface area contributed by atoms with Gasteiger partial charge >= 0.3 is 0 Å². The summed E-state index contributed by atoms with van der Waals surface area (Å²) in [5.74, 6) is 0.0522. The highest BCUT2D eigenvalue weighted by molar-refractivity contribution is 7.99. The number of hydrogen-bond acceptors (Lipinski definition) is 5. The fourth-order valence-corrected chi connectivity index (χ4v) is 3.28. The summed E-state index contributed by atoms with van der Waals surface area (Å²) in [5.41, 5.74) is 1.87. The molecule has 1 amide bonds. The van der Waals surface area contributed by atoms with Gasteiger partial charge in [0.25, 0.3) is 0 Å². The van der Waals surface area contributed by atoms with Gasteiger partial charge in [-0.1, -0.05) is 29.5 Å². The van der Waals surface area contributed by atoms with Crippen LogP contribution in [0.3, 0.4) is 0 Å². The SMILES string of the molecule is Cc1ccc(NC(=O)CSc2ccc(S(=O)(=O)N(C)C)cn2)cc1. The zero-order valence-electron chi connectivity index (χ0n) is 13.7. The van der Waals surface area contributed by atoms with E-state index in [1.54, 1.807) is 6.07 Å². The fourth-order valence-electron chi connectivity index (χ4n) is 1.79. The van der Waals surface area contributed by atoms with Gasteiger partial charge in [-0.05, 0) is 31.2 Å². The molecular formula is C16H19N3O3S2. The fraction of sp³-hybridized carbons (Fsp3) is 0.250. The number of rotatable bonds is 6. The van der Waals surface area contributed by atoms with Crippen LogP contribution in [0.4, 0.5) is 5.69 Å². The first-order chi connectivity index (χ1) is 11.3. The van der Waals surface area contributed by atoms with Gasteiger partial charge in [-0.25, -0.2) is 17.7 Å². The number of nitrogens with zero attached hydrogens (tertiary/aromatic N) is 2. The molecule has 0 aliphatic heterocycles. The van der Waals surface area contributed by atoms with E-state index in [1.165, 1.54) is 38.1 Å². The molecule has 6 nitrogen and oxygen atoms in total. The summed E-state index contributed by atoms with van der Waals surface area (Å²) in [6.07, 6.45) is 1.30. The molecule has 0 bridgehead atoms. The Morgan fingerprint density at radius 2 is 1.83 bits per heavy atom. The van der Waals surface area contributed by atoms with Crippen LogP contribution in [0.1, 0.15) is 5.56 Å². The number of hydrogen-bond donors (Lipinski definition) is 1. The minimum atomic E-state index is -3.49. The predicted octanol–water partition coefficient (Wildman–Crippen LogP) is 2.37. The summed E-state index contributed by atoms with van der Waals surface area (Å²) < 4.78 is 25.0. The third-order valence-corrected chi connectivity index (χ3v) is 5.92. The number of anilines is 1. The highest BCUT2D eigenvalue weighted by Crippen LogP contribution is 2.19. The Kier molecular flexibility index (Phi) is 5.98. The summed E-state index contributed by atoms with van der Waals surface area (Å²) in [4.78, 5) is 16.1. The summed E-state index contributed by atoms with van der Waals surface area (Å²) >= 11 is 1.25. The van der Waals surface area contributed by atoms with E-state index in [0.717, 1.165) is 15.6 Å². The van der Waals surface area contributed by atoms with Crippen LogP contribution in [-0.2, 0) is 14.8 Å². The first-order valence-electron chi connectivity index (χ1n) is 7.17. The molecule has 0 atom stereocenters. The molecule has 1 N–H and O–H groups in total. The predicted molar refractivity (Wildman–Crippen MR) is 95.6 cm³/mol. The second kappa shape index (κ2) is 7.78. The largest absolute Gasteiger partial charge is 0.325 e. The standard InChI is InChI=1S/C16H19N3O3S2/c1-12-4-6-13(7-5-12)18-15(20)11-23-16-9-8-14(10-17-16)24(21,22)19(2)3/h4-10H,11H2,1-3H3,(H,18,20). The molecule has 0 aliphatic rings. The van der Waals surface area contributed by atoms with Crippen molar-refractivity contribution in [1.29, 1.82) is 0 Å². The summed E-state index contributed by atoms with van der Waals surface area (Å²) in [7, 11) is -0.556. The van der Waals surface area contributed by atoms with Gasteiger partial charge in [-0.2, -0.15) is 0 Å². The van der Waals surface area contributed by atoms with Gasteiger partial charge in [0.05, 0.1) is 10.8 Å². The van der Waals surface area contributed by atoms with Crippen LogP contribution in [0.25, 0.3) is 0 Å². The van der Waals surface area contributed by atoms with Gasteiger partial charge in [-0.3, -0.25) is 4.79 Å². The second-order valence-corrected chi connectivity index (χ2v) is 8.47. The van der Waals surface area contributed by atoms with Crippen LogP contribution in [0.15, 0.2) is 52.5 Å². The maximum atomic E-state index is 12.0. The minimum absolute atomic E-state index is 0.126. The number of pyridine rings is 1. The molecule has 0 radical (unpaired) electrons. The normalized spacial score (nSPS) is 11.5. The molecule has 2 rings (SSSR count). The number of amides is 1. The van der Waals surface area contributed by atoms with Crippen LogP contribution in [0.5, 0.6) is 0 Å². The van der Waals surface area contributed by atoms with E-state index >= 15 is 0 Å². The smallest absolute Gasteiger partial charge is 0.244 e. The summed E-state index contributed by atoms with van der Waals surface area (Å²) in [5, 5.41) is 3.39. The molecule has 24 heavy (non-hydrogen) atoms. The molecule has 8 heteroatoms. The number of aryl methyl sites for hydroxylation is 1. The van der Waals surface area contributed by atoms with Gasteiger partial charge < -0.3 is 5.32 Å². The number of carbonyl (C=O) groups is 1. The molecule has 0 aliphatic carbocycles. The number of benzene rings is 1. The number of thioether (sulfide) groups is 1. The van der Waals surface area contributed by atoms with Crippen molar-refractivity contribution in [3.05, 3.63) is 48.2 Å². The van der Waals surface area contributed by atoms with Crippen molar-refractivity contribution in [3.8, 4) is 0 Å². The highest BCUT2D eigenvalue weighted by atomic mass is 32.2. The van der Waals surface area contributed by atoms with Crippen molar-refractivity contribution in [2.75, 3.05) is 25.2 Å². The third-order valence-electron chi connectivity index (χ3n) is 3.17. The Hall–Kier alpha value is -1.90. The second-order valence-electron chi connectivity index (χ2n) is 5.32. The average molecular weight is 365 g/mol. The van der Waals surface area contributed by atoms with E-state index in [2.05, 4.69) is 10.3 Å². The lowest BCUT2D eigenvalue weighted by Gasteiger charge is -2.11. The van der Waals surface area contributed by atoms with E-state index in [4.69, 9.17) is 0 Å². The van der Waals surface area contributed by atoms with E-state index in [9.17, 15) is 13.2 Å². The molecule has 2 aromatic rings. The summed E-state index contributed by atoms with van der Waals surface area (Å²) in [6.45, 7) is 1.98. The van der Waals surface area contributed by atoms with Crippen LogP contribution >= 0.6 is 11.8 Å². The van der Waals surface area contributed by atoms with Crippen molar-refractivity contribution in [3.63, 3.8) is 0 Å². The molecule has 1 aromatic carbocycles. The maximum absolute atomic E-state index is 12.0. The Balaban J connectivity index is 1.92. The number of nitrogens with one attached hydrogen (secondary N) is 1. The molecular weight excluding hydrogens is 346 g/mol. The third kappa shape index (κ3) is 4.80. The quantitative estimate of drug-likeness (QED) is 0.795. The van der Waals surface area contributed by atoms with Crippen molar-refractivity contribution in [1.82, 2.24) is 9.29 Å². The molecule has 1 aromatic heterocycles. The lowest BCUT2D eigenvalue weighted by Crippen LogP contribution is -2.22. The van der Waals surface area contributed by atoms with E-state index < -0.39 is 10.0 Å². The van der Waals surface area contributed by atoms with Crippen molar-refractivity contribution in [2.24, 2.45) is 0 Å². The average Bonchev–Trinajstić information content (AvgIpc) is 2.55. The molecule has 1 heterocycles. The molecule has 0 unspecified atom stereocenters. The molecule has 0 fully saturated rings. The van der Waals surface area contributed by atoms with Gasteiger partial charge in [-0.15, -0.1) is 0 Å². The zero-order valence-corrected chi connectivity index (χ0v) is 15.3. The Bertz CT molecular complexity index is 801. The summed E-state index contributed by atoms with van der Waals surface area (Å²) in [6, 6.07) is 10.6. The van der Waals surface area contributed by atoms with Gasteiger partial charge in [0.1, 0.15) is 4.90 Å². The molecule has 0 spiro atoms. The Morgan fingerprint density at radius 1 is 1.17 bits per heavy atom. The van der Waals surface area contributed by atoms with Gasteiger partial charge in [0.2, 0.25) is 15.9 Å². The van der Waals surface area contributed by atoms with Gasteiger partial charge in [0, 0.05) is 26.0 Å². The Morgan fingerprint density at radius 3 is 2.38 bits per heavy atom. The highest BCUT2D eigenvalue weighted by Gasteiger charge is 2.17. The van der Waals surface area contributed by atoms with Crippen molar-refractivity contribution in [2.45, 2.75) is 16.8 Å². The first-order valence-corrected chi connectivity index (χ1v) is 9.59. The van der Waals surface area contributed by atoms with Crippen LogP contribution in [0, 0.1) is 6.92 Å². The number of aromatic nitrogens is 1. The monoisotopic (exact) mass is 365 g/mol. The lowest BCUT2D eigenvalue weighted by molar-refractivity contribution is -0.113. The minimum Gasteiger partial charge on any atom is -0.325 e. The Labute approximate surface area is 146 Å². The zero-order chi connectivity index (χ0) is 17.7. The first kappa shape index (κ1) is 18.4. The molecule has 128 valence electrons. The van der Waals surface area contributed by atoms with Crippen molar-refractivity contribution < 1.29 is 13.2 Å². The van der Waals surface area contributed by atoms with Gasteiger partial charge in [0.15, 0.2) is 0 Å². The molecule has 0 saturated heterocycles. The topological polar surface area (TPSA) is 79.4 Å². The van der Waals surface area contributed by atoms with Crippen molar-refractivity contribution >= 4 is 33.4 Å².